The molecule has 3 N–H and O–H groups in total. The first kappa shape index (κ1) is 14.0. The van der Waals surface area contributed by atoms with E-state index in [9.17, 15) is 10.1 Å². The second-order valence-electron chi connectivity index (χ2n) is 3.96. The molecule has 1 aromatic carbocycles. The monoisotopic (exact) mass is 294 g/mol. The number of hydrogen-bond donors (Lipinski definition) is 2. The Morgan fingerprint density at radius 2 is 2.15 bits per heavy atom. The summed E-state index contributed by atoms with van der Waals surface area (Å²) in [6, 6.07) is 7.73. The lowest BCUT2D eigenvalue weighted by atomic mass is 10.2. The molecule has 0 aliphatic heterocycles. The van der Waals surface area contributed by atoms with Crippen LogP contribution in [0.25, 0.3) is 0 Å². The summed E-state index contributed by atoms with van der Waals surface area (Å²) in [6.45, 7) is 1.85. The zero-order valence-electron chi connectivity index (χ0n) is 10.5. The molecule has 8 heteroatoms. The maximum absolute atomic E-state index is 11.0. The molecule has 1 heterocycles. The van der Waals surface area contributed by atoms with Gasteiger partial charge in [0.05, 0.1) is 9.95 Å². The summed E-state index contributed by atoms with van der Waals surface area (Å²) in [5, 5.41) is 11.3. The molecular weight excluding hydrogens is 284 g/mol. The van der Waals surface area contributed by atoms with Crippen molar-refractivity contribution in [3.05, 3.63) is 51.0 Å². The number of nitrogens with two attached hydrogens (primary N) is 1. The number of hydrogen-bond acceptors (Lipinski definition) is 6. The van der Waals surface area contributed by atoms with Gasteiger partial charge < -0.3 is 10.2 Å². The highest BCUT2D eigenvalue weighted by Gasteiger charge is 2.19. The third-order valence-electron chi connectivity index (χ3n) is 2.48. The molecule has 0 spiro atoms. The number of nitrogens with one attached hydrogen (secondary N) is 1. The van der Waals surface area contributed by atoms with E-state index >= 15 is 0 Å². The summed E-state index contributed by atoms with van der Waals surface area (Å²) < 4.78 is 5.44. The molecule has 0 radical (unpaired) electrons. The lowest BCUT2D eigenvalue weighted by Gasteiger charge is -2.09. The SMILES string of the molecule is Cc1ccc(Cl)c(Oc2nc(NN)ccc2[N+](=O)[O-])c1. The lowest BCUT2D eigenvalue weighted by Crippen LogP contribution is -2.09. The molecule has 0 bridgehead atoms. The molecule has 0 saturated carbocycles. The van der Waals surface area contributed by atoms with Crippen LogP contribution in [0.15, 0.2) is 30.3 Å². The number of pyridine rings is 1. The minimum absolute atomic E-state index is 0.182. The fourth-order valence-corrected chi connectivity index (χ4v) is 1.68. The summed E-state index contributed by atoms with van der Waals surface area (Å²) >= 11 is 5.99. The minimum Gasteiger partial charge on any atom is -0.432 e. The van der Waals surface area contributed by atoms with Crippen molar-refractivity contribution in [2.75, 3.05) is 5.43 Å². The number of rotatable bonds is 4. The largest absolute Gasteiger partial charge is 0.432 e. The van der Waals surface area contributed by atoms with E-state index in [-0.39, 0.29) is 23.1 Å². The number of hydrazine groups is 1. The van der Waals surface area contributed by atoms with Crippen molar-refractivity contribution in [3.63, 3.8) is 0 Å². The van der Waals surface area contributed by atoms with Crippen LogP contribution >= 0.6 is 11.6 Å². The van der Waals surface area contributed by atoms with Crippen molar-refractivity contribution in [2.24, 2.45) is 5.84 Å². The highest BCUT2D eigenvalue weighted by atomic mass is 35.5. The number of nitrogens with zero attached hydrogens (tertiary/aromatic N) is 2. The van der Waals surface area contributed by atoms with E-state index in [1.165, 1.54) is 12.1 Å². The first-order valence-electron chi connectivity index (χ1n) is 5.57. The van der Waals surface area contributed by atoms with Crippen molar-refractivity contribution >= 4 is 23.1 Å². The van der Waals surface area contributed by atoms with E-state index in [1.807, 2.05) is 6.92 Å². The standard InChI is InChI=1S/C12H11ClN4O3/c1-7-2-3-8(13)10(6-7)20-12-9(17(18)19)4-5-11(15-12)16-14/h2-6H,14H2,1H3,(H,15,16). The third kappa shape index (κ3) is 2.95. The van der Waals surface area contributed by atoms with Gasteiger partial charge in [0.1, 0.15) is 11.6 Å². The second kappa shape index (κ2) is 5.72. The molecule has 1 aromatic heterocycles. The van der Waals surface area contributed by atoms with Gasteiger partial charge in [0.15, 0.2) is 0 Å². The van der Waals surface area contributed by atoms with Gasteiger partial charge in [-0.3, -0.25) is 10.1 Å². The maximum atomic E-state index is 11.0. The van der Waals surface area contributed by atoms with Gasteiger partial charge in [-0.15, -0.1) is 0 Å². The number of anilines is 1. The summed E-state index contributed by atoms with van der Waals surface area (Å²) in [4.78, 5) is 14.3. The van der Waals surface area contributed by atoms with E-state index in [0.717, 1.165) is 5.56 Å². The van der Waals surface area contributed by atoms with Crippen LogP contribution < -0.4 is 16.0 Å². The molecule has 2 rings (SSSR count). The van der Waals surface area contributed by atoms with Gasteiger partial charge in [-0.2, -0.15) is 4.98 Å². The quantitative estimate of drug-likeness (QED) is 0.510. The van der Waals surface area contributed by atoms with Crippen LogP contribution in [-0.4, -0.2) is 9.91 Å². The lowest BCUT2D eigenvalue weighted by molar-refractivity contribution is -0.386. The number of ether oxygens (including phenoxy) is 1. The molecule has 0 aliphatic rings. The molecule has 0 unspecified atom stereocenters. The van der Waals surface area contributed by atoms with Crippen LogP contribution in [0.4, 0.5) is 11.5 Å². The Balaban J connectivity index is 2.45. The zero-order valence-corrected chi connectivity index (χ0v) is 11.2. The molecule has 0 amide bonds. The minimum atomic E-state index is -0.591. The first-order chi connectivity index (χ1) is 9.51. The van der Waals surface area contributed by atoms with E-state index in [1.54, 1.807) is 18.2 Å². The van der Waals surface area contributed by atoms with Crippen LogP contribution in [0.1, 0.15) is 5.56 Å². The fourth-order valence-electron chi connectivity index (χ4n) is 1.52. The molecule has 0 saturated heterocycles. The Morgan fingerprint density at radius 3 is 2.80 bits per heavy atom. The smallest absolute Gasteiger partial charge is 0.331 e. The third-order valence-corrected chi connectivity index (χ3v) is 2.79. The van der Waals surface area contributed by atoms with Crippen molar-refractivity contribution in [2.45, 2.75) is 6.92 Å². The van der Waals surface area contributed by atoms with Gasteiger partial charge in [0.25, 0.3) is 0 Å². The van der Waals surface area contributed by atoms with Crippen molar-refractivity contribution < 1.29 is 9.66 Å². The number of aryl methyl sites for hydroxylation is 1. The molecule has 20 heavy (non-hydrogen) atoms. The Hall–Kier alpha value is -2.38. The second-order valence-corrected chi connectivity index (χ2v) is 4.37. The van der Waals surface area contributed by atoms with Crippen LogP contribution in [0, 0.1) is 17.0 Å². The zero-order chi connectivity index (χ0) is 14.7. The van der Waals surface area contributed by atoms with Crippen LogP contribution in [0.3, 0.4) is 0 Å². The van der Waals surface area contributed by atoms with E-state index < -0.39 is 4.92 Å². The predicted octanol–water partition coefficient (Wildman–Crippen LogP) is 3.03. The fraction of sp³-hybridized carbons (Fsp3) is 0.0833. The number of nitro groups is 1. The highest BCUT2D eigenvalue weighted by molar-refractivity contribution is 6.32. The van der Waals surface area contributed by atoms with Gasteiger partial charge >= 0.3 is 11.6 Å². The number of aromatic nitrogens is 1. The highest BCUT2D eigenvalue weighted by Crippen LogP contribution is 2.34. The Bertz CT molecular complexity index is 663. The van der Waals surface area contributed by atoms with E-state index in [0.29, 0.717) is 5.02 Å². The maximum Gasteiger partial charge on any atom is 0.331 e. The molecular formula is C12H11ClN4O3. The van der Waals surface area contributed by atoms with Gasteiger partial charge in [-0.25, -0.2) is 5.84 Å². The summed E-state index contributed by atoms with van der Waals surface area (Å²) in [5.41, 5.74) is 2.93. The van der Waals surface area contributed by atoms with Gasteiger partial charge in [-0.05, 0) is 30.7 Å². The number of nitrogen functional groups attached to an aromatic ring is 1. The number of benzene rings is 1. The van der Waals surface area contributed by atoms with Gasteiger partial charge in [0, 0.05) is 6.07 Å². The van der Waals surface area contributed by atoms with Gasteiger partial charge in [-0.1, -0.05) is 17.7 Å². The van der Waals surface area contributed by atoms with Crippen molar-refractivity contribution in [1.29, 1.82) is 0 Å². The average molecular weight is 295 g/mol. The molecule has 0 atom stereocenters. The number of halogens is 1. The topological polar surface area (TPSA) is 103 Å². The molecule has 0 aliphatic carbocycles. The predicted molar refractivity (Wildman–Crippen MR) is 75.0 cm³/mol. The van der Waals surface area contributed by atoms with E-state index in [4.69, 9.17) is 22.2 Å². The normalized spacial score (nSPS) is 10.2. The summed E-state index contributed by atoms with van der Waals surface area (Å²) in [5.74, 6) is 5.58. The Labute approximate surface area is 119 Å². The molecule has 104 valence electrons. The first-order valence-corrected chi connectivity index (χ1v) is 5.95. The molecule has 0 fully saturated rings. The summed E-state index contributed by atoms with van der Waals surface area (Å²) in [7, 11) is 0. The average Bonchev–Trinajstić information content (AvgIpc) is 2.42. The molecule has 7 nitrogen and oxygen atoms in total. The van der Waals surface area contributed by atoms with Crippen LogP contribution in [0.2, 0.25) is 5.02 Å². The van der Waals surface area contributed by atoms with Gasteiger partial charge in [0.2, 0.25) is 0 Å². The Morgan fingerprint density at radius 1 is 1.40 bits per heavy atom. The van der Waals surface area contributed by atoms with Crippen LogP contribution in [-0.2, 0) is 0 Å². The van der Waals surface area contributed by atoms with Crippen molar-refractivity contribution in [1.82, 2.24) is 4.98 Å². The van der Waals surface area contributed by atoms with Crippen LogP contribution in [0.5, 0.6) is 11.6 Å². The Kier molecular flexibility index (Phi) is 4.02. The van der Waals surface area contributed by atoms with Crippen molar-refractivity contribution in [3.8, 4) is 11.6 Å². The van der Waals surface area contributed by atoms with E-state index in [2.05, 4.69) is 10.4 Å². The summed E-state index contributed by atoms with van der Waals surface area (Å²) in [6.07, 6.45) is 0. The molecule has 2 aromatic rings.